The summed E-state index contributed by atoms with van der Waals surface area (Å²) >= 11 is 0. The molecule has 92 valence electrons. The molecule has 2 heteroatoms. The normalized spacial score (nSPS) is 14.5. The number of nitrogens with two attached hydrogens (primary N) is 1. The number of benzene rings is 2. The molecule has 0 atom stereocenters. The Kier molecular flexibility index (Phi) is 3.03. The first-order valence-corrected chi connectivity index (χ1v) is 6.41. The number of ether oxygens (including phenoxy) is 1. The summed E-state index contributed by atoms with van der Waals surface area (Å²) in [6.07, 6.45) is 2.85. The molecule has 1 aliphatic carbocycles. The van der Waals surface area contributed by atoms with Crippen LogP contribution in [0.2, 0.25) is 0 Å². The molecule has 1 saturated carbocycles. The van der Waals surface area contributed by atoms with Gasteiger partial charge in [0.05, 0.1) is 6.10 Å². The Hall–Kier alpha value is -1.80. The van der Waals surface area contributed by atoms with Crippen LogP contribution >= 0.6 is 0 Å². The van der Waals surface area contributed by atoms with Crippen LogP contribution in [0.15, 0.2) is 48.5 Å². The van der Waals surface area contributed by atoms with Gasteiger partial charge in [0.1, 0.15) is 5.75 Å². The molecule has 0 unspecified atom stereocenters. The van der Waals surface area contributed by atoms with E-state index in [2.05, 4.69) is 36.4 Å². The summed E-state index contributed by atoms with van der Waals surface area (Å²) in [7, 11) is 0. The van der Waals surface area contributed by atoms with Crippen LogP contribution in [0.3, 0.4) is 0 Å². The fourth-order valence-corrected chi connectivity index (χ4v) is 1.94. The molecule has 0 aromatic heterocycles. The lowest BCUT2D eigenvalue weighted by Crippen LogP contribution is -1.96. The molecule has 3 rings (SSSR count). The van der Waals surface area contributed by atoms with Gasteiger partial charge in [0.2, 0.25) is 0 Å². The number of hydrogen-bond acceptors (Lipinski definition) is 2. The van der Waals surface area contributed by atoms with E-state index < -0.39 is 0 Å². The first-order chi connectivity index (χ1) is 8.85. The van der Waals surface area contributed by atoms with Crippen molar-refractivity contribution in [2.24, 2.45) is 5.73 Å². The summed E-state index contributed by atoms with van der Waals surface area (Å²) < 4.78 is 5.74. The lowest BCUT2D eigenvalue weighted by atomic mass is 10.0. The van der Waals surface area contributed by atoms with Crippen molar-refractivity contribution in [1.82, 2.24) is 0 Å². The Morgan fingerprint density at radius 1 is 0.889 bits per heavy atom. The monoisotopic (exact) mass is 239 g/mol. The Bertz CT molecular complexity index is 512. The van der Waals surface area contributed by atoms with Gasteiger partial charge >= 0.3 is 0 Å². The van der Waals surface area contributed by atoms with E-state index in [0.717, 1.165) is 11.3 Å². The fourth-order valence-electron chi connectivity index (χ4n) is 1.94. The zero-order valence-corrected chi connectivity index (χ0v) is 10.3. The Morgan fingerprint density at radius 3 is 1.94 bits per heavy atom. The Labute approximate surface area is 107 Å². The number of rotatable bonds is 4. The Balaban J connectivity index is 1.77. The summed E-state index contributed by atoms with van der Waals surface area (Å²) in [5.74, 6) is 0.972. The molecule has 0 amide bonds. The second-order valence-corrected chi connectivity index (χ2v) is 4.74. The van der Waals surface area contributed by atoms with E-state index >= 15 is 0 Å². The molecule has 2 N–H and O–H groups in total. The van der Waals surface area contributed by atoms with Crippen molar-refractivity contribution in [1.29, 1.82) is 0 Å². The Morgan fingerprint density at radius 2 is 1.44 bits per heavy atom. The van der Waals surface area contributed by atoms with E-state index in [1.165, 1.54) is 24.0 Å². The van der Waals surface area contributed by atoms with Gasteiger partial charge in [-0.3, -0.25) is 0 Å². The largest absolute Gasteiger partial charge is 0.490 e. The highest BCUT2D eigenvalue weighted by atomic mass is 16.5. The summed E-state index contributed by atoms with van der Waals surface area (Å²) in [6, 6.07) is 16.7. The van der Waals surface area contributed by atoms with Crippen molar-refractivity contribution in [2.45, 2.75) is 25.5 Å². The maximum atomic E-state index is 5.74. The van der Waals surface area contributed by atoms with Crippen molar-refractivity contribution in [3.8, 4) is 16.9 Å². The first-order valence-electron chi connectivity index (χ1n) is 6.41. The smallest absolute Gasteiger partial charge is 0.119 e. The average Bonchev–Trinajstić information content (AvgIpc) is 3.24. The molecule has 2 nitrogen and oxygen atoms in total. The summed E-state index contributed by atoms with van der Waals surface area (Å²) in [5, 5.41) is 0. The van der Waals surface area contributed by atoms with Gasteiger partial charge in [0.25, 0.3) is 0 Å². The van der Waals surface area contributed by atoms with Crippen LogP contribution in [0, 0.1) is 0 Å². The maximum absolute atomic E-state index is 5.74. The molecular formula is C16H17NO. The summed E-state index contributed by atoms with van der Waals surface area (Å²) in [6.45, 7) is 0.592. The van der Waals surface area contributed by atoms with Crippen LogP contribution in [0.1, 0.15) is 18.4 Å². The van der Waals surface area contributed by atoms with Gasteiger partial charge in [-0.25, -0.2) is 0 Å². The third kappa shape index (κ3) is 2.54. The molecule has 0 aliphatic heterocycles. The molecule has 2 aromatic carbocycles. The zero-order chi connectivity index (χ0) is 12.4. The third-order valence-corrected chi connectivity index (χ3v) is 3.20. The highest BCUT2D eigenvalue weighted by Crippen LogP contribution is 2.28. The number of hydrogen-bond donors (Lipinski definition) is 1. The van der Waals surface area contributed by atoms with Crippen LogP contribution < -0.4 is 10.5 Å². The van der Waals surface area contributed by atoms with Crippen molar-refractivity contribution >= 4 is 0 Å². The van der Waals surface area contributed by atoms with Crippen LogP contribution in [-0.4, -0.2) is 6.10 Å². The van der Waals surface area contributed by atoms with Gasteiger partial charge in [-0.15, -0.1) is 0 Å². The predicted molar refractivity (Wildman–Crippen MR) is 73.4 cm³/mol. The highest BCUT2D eigenvalue weighted by molar-refractivity contribution is 5.64. The maximum Gasteiger partial charge on any atom is 0.119 e. The van der Waals surface area contributed by atoms with E-state index in [-0.39, 0.29) is 0 Å². The van der Waals surface area contributed by atoms with Gasteiger partial charge in [-0.2, -0.15) is 0 Å². The minimum absolute atomic E-state index is 0.458. The van der Waals surface area contributed by atoms with Crippen LogP contribution in [0.5, 0.6) is 5.75 Å². The van der Waals surface area contributed by atoms with Crippen LogP contribution in [0.25, 0.3) is 11.1 Å². The topological polar surface area (TPSA) is 35.2 Å². The van der Waals surface area contributed by atoms with Gasteiger partial charge < -0.3 is 10.5 Å². The summed E-state index contributed by atoms with van der Waals surface area (Å²) in [5.41, 5.74) is 9.18. The molecule has 18 heavy (non-hydrogen) atoms. The van der Waals surface area contributed by atoms with E-state index in [9.17, 15) is 0 Å². The van der Waals surface area contributed by atoms with Crippen LogP contribution in [-0.2, 0) is 6.54 Å². The predicted octanol–water partition coefficient (Wildman–Crippen LogP) is 3.35. The van der Waals surface area contributed by atoms with Crippen molar-refractivity contribution < 1.29 is 4.74 Å². The average molecular weight is 239 g/mol. The molecule has 2 aromatic rings. The van der Waals surface area contributed by atoms with E-state index in [1.54, 1.807) is 0 Å². The molecule has 0 saturated heterocycles. The fraction of sp³-hybridized carbons (Fsp3) is 0.250. The highest BCUT2D eigenvalue weighted by Gasteiger charge is 2.23. The standard InChI is InChI=1S/C16H17NO/c17-11-12-1-3-13(4-2-12)14-5-7-15(8-6-14)18-16-9-10-16/h1-8,16H,9-11,17H2. The molecule has 1 fully saturated rings. The first kappa shape index (κ1) is 11.3. The van der Waals surface area contributed by atoms with Gasteiger partial charge in [0, 0.05) is 6.54 Å². The van der Waals surface area contributed by atoms with Gasteiger partial charge in [-0.05, 0) is 41.7 Å². The summed E-state index contributed by atoms with van der Waals surface area (Å²) in [4.78, 5) is 0. The van der Waals surface area contributed by atoms with Gasteiger partial charge in [0.15, 0.2) is 0 Å². The van der Waals surface area contributed by atoms with Crippen molar-refractivity contribution in [2.75, 3.05) is 0 Å². The molecule has 0 heterocycles. The molecule has 0 radical (unpaired) electrons. The molecule has 0 bridgehead atoms. The van der Waals surface area contributed by atoms with Crippen LogP contribution in [0.4, 0.5) is 0 Å². The van der Waals surface area contributed by atoms with E-state index in [1.807, 2.05) is 12.1 Å². The van der Waals surface area contributed by atoms with Crippen molar-refractivity contribution in [3.63, 3.8) is 0 Å². The lowest BCUT2D eigenvalue weighted by molar-refractivity contribution is 0.303. The third-order valence-electron chi connectivity index (χ3n) is 3.20. The van der Waals surface area contributed by atoms with E-state index in [0.29, 0.717) is 12.6 Å². The quantitative estimate of drug-likeness (QED) is 0.888. The molecule has 0 spiro atoms. The molecule has 1 aliphatic rings. The second kappa shape index (κ2) is 4.83. The zero-order valence-electron chi connectivity index (χ0n) is 10.3. The van der Waals surface area contributed by atoms with E-state index in [4.69, 9.17) is 10.5 Å². The lowest BCUT2D eigenvalue weighted by Gasteiger charge is -2.06. The van der Waals surface area contributed by atoms with Gasteiger partial charge in [-0.1, -0.05) is 36.4 Å². The SMILES string of the molecule is NCc1ccc(-c2ccc(OC3CC3)cc2)cc1. The minimum Gasteiger partial charge on any atom is -0.490 e. The minimum atomic E-state index is 0.458. The second-order valence-electron chi connectivity index (χ2n) is 4.74. The van der Waals surface area contributed by atoms with Crippen molar-refractivity contribution in [3.05, 3.63) is 54.1 Å². The molecular weight excluding hydrogens is 222 g/mol.